The number of pyridine rings is 1. The Morgan fingerprint density at radius 2 is 1.65 bits per heavy atom. The summed E-state index contributed by atoms with van der Waals surface area (Å²) in [5.41, 5.74) is 5.73. The van der Waals surface area contributed by atoms with E-state index in [1.165, 1.54) is 9.54 Å². The number of fused-ring (bicyclic) bond motifs is 3. The molecule has 1 saturated carbocycles. The molecule has 8 heteroatoms. The van der Waals surface area contributed by atoms with Crippen LogP contribution in [0, 0.1) is 6.92 Å². The van der Waals surface area contributed by atoms with Gasteiger partial charge in [-0.2, -0.15) is 5.10 Å². The van der Waals surface area contributed by atoms with Gasteiger partial charge < -0.3 is 4.74 Å². The molecule has 0 radical (unpaired) electrons. The fraction of sp³-hybridized carbons (Fsp3) is 0.257. The normalized spacial score (nSPS) is 17.5. The summed E-state index contributed by atoms with van der Waals surface area (Å²) in [7, 11) is -1.96. The predicted octanol–water partition coefficient (Wildman–Crippen LogP) is 7.38. The number of hydrogen-bond donors (Lipinski definition) is 0. The van der Waals surface area contributed by atoms with E-state index in [1.807, 2.05) is 62.9 Å². The molecule has 1 aliphatic carbocycles. The summed E-state index contributed by atoms with van der Waals surface area (Å²) in [5.74, 6) is 0.197. The molecule has 43 heavy (non-hydrogen) atoms. The lowest BCUT2D eigenvalue weighted by Gasteiger charge is -2.28. The van der Waals surface area contributed by atoms with Crippen molar-refractivity contribution < 1.29 is 13.2 Å². The molecule has 0 aliphatic heterocycles. The highest BCUT2D eigenvalue weighted by molar-refractivity contribution is 7.90. The Kier molecular flexibility index (Phi) is 7.11. The van der Waals surface area contributed by atoms with E-state index in [2.05, 4.69) is 35.4 Å². The van der Waals surface area contributed by atoms with Gasteiger partial charge in [0, 0.05) is 42.0 Å². The maximum atomic E-state index is 14.0. The molecule has 3 aromatic heterocycles. The molecule has 0 spiro atoms. The fourth-order valence-corrected chi connectivity index (χ4v) is 7.63. The molecule has 0 amide bonds. The van der Waals surface area contributed by atoms with Crippen molar-refractivity contribution in [3.63, 3.8) is 0 Å². The second-order valence-corrected chi connectivity index (χ2v) is 13.4. The van der Waals surface area contributed by atoms with E-state index >= 15 is 0 Å². The Labute approximate surface area is 251 Å². The first-order valence-electron chi connectivity index (χ1n) is 14.8. The molecule has 7 nitrogen and oxygen atoms in total. The second-order valence-electron chi connectivity index (χ2n) is 11.6. The van der Waals surface area contributed by atoms with Gasteiger partial charge in [-0.25, -0.2) is 17.4 Å². The van der Waals surface area contributed by atoms with Crippen molar-refractivity contribution in [2.24, 2.45) is 7.05 Å². The van der Waals surface area contributed by atoms with Gasteiger partial charge in [-0.15, -0.1) is 0 Å². The van der Waals surface area contributed by atoms with Gasteiger partial charge in [0.05, 0.1) is 23.8 Å². The highest BCUT2D eigenvalue weighted by Gasteiger charge is 2.30. The lowest BCUT2D eigenvalue weighted by Crippen LogP contribution is -2.20. The van der Waals surface area contributed by atoms with Gasteiger partial charge in [0.15, 0.2) is 5.65 Å². The molecule has 6 aromatic rings. The van der Waals surface area contributed by atoms with Gasteiger partial charge in [-0.3, -0.25) is 4.68 Å². The summed E-state index contributed by atoms with van der Waals surface area (Å²) in [4.78, 5) is 5.02. The minimum atomic E-state index is -3.86. The van der Waals surface area contributed by atoms with Crippen molar-refractivity contribution in [1.29, 1.82) is 0 Å². The first kappa shape index (κ1) is 27.6. The maximum absolute atomic E-state index is 14.0. The first-order valence-corrected chi connectivity index (χ1v) is 16.2. The van der Waals surface area contributed by atoms with Crippen LogP contribution in [-0.4, -0.2) is 33.3 Å². The van der Waals surface area contributed by atoms with Crippen LogP contribution in [0.15, 0.2) is 102 Å². The van der Waals surface area contributed by atoms with Crippen LogP contribution in [0.1, 0.15) is 48.3 Å². The fourth-order valence-electron chi connectivity index (χ4n) is 6.30. The summed E-state index contributed by atoms with van der Waals surface area (Å²) < 4.78 is 37.6. The summed E-state index contributed by atoms with van der Waals surface area (Å²) in [6, 6.07) is 23.6. The van der Waals surface area contributed by atoms with E-state index < -0.39 is 10.0 Å². The Morgan fingerprint density at radius 1 is 0.884 bits per heavy atom. The predicted molar refractivity (Wildman–Crippen MR) is 169 cm³/mol. The Bertz CT molecular complexity index is 2020. The molecule has 1 aliphatic rings. The molecule has 3 heterocycles. The zero-order valence-electron chi connectivity index (χ0n) is 24.3. The van der Waals surface area contributed by atoms with Crippen LogP contribution in [0.4, 0.5) is 0 Å². The van der Waals surface area contributed by atoms with Crippen LogP contribution < -0.4 is 0 Å². The van der Waals surface area contributed by atoms with Crippen molar-refractivity contribution in [3.8, 4) is 11.1 Å². The first-order chi connectivity index (χ1) is 20.9. The summed E-state index contributed by atoms with van der Waals surface area (Å²) in [5, 5.41) is 7.24. The van der Waals surface area contributed by atoms with Crippen LogP contribution in [0.3, 0.4) is 0 Å². The summed E-state index contributed by atoms with van der Waals surface area (Å²) >= 11 is 0. The average Bonchev–Trinajstić information content (AvgIpc) is 3.65. The van der Waals surface area contributed by atoms with E-state index in [0.29, 0.717) is 12.3 Å². The molecule has 0 saturated heterocycles. The number of benzene rings is 3. The van der Waals surface area contributed by atoms with E-state index in [9.17, 15) is 8.42 Å². The second kappa shape index (κ2) is 11.1. The minimum Gasteiger partial charge on any atom is -0.374 e. The van der Waals surface area contributed by atoms with E-state index in [4.69, 9.17) is 9.72 Å². The molecule has 218 valence electrons. The minimum absolute atomic E-state index is 0.188. The van der Waals surface area contributed by atoms with Crippen molar-refractivity contribution in [2.75, 3.05) is 0 Å². The van der Waals surface area contributed by atoms with Gasteiger partial charge in [0.2, 0.25) is 0 Å². The highest BCUT2D eigenvalue weighted by atomic mass is 32.2. The molecular formula is C35H34N4O3S. The van der Waals surface area contributed by atoms with Crippen molar-refractivity contribution in [3.05, 3.63) is 114 Å². The number of ether oxygens (including phenoxy) is 1. The summed E-state index contributed by atoms with van der Waals surface area (Å²) in [6.45, 7) is 2.56. The maximum Gasteiger partial charge on any atom is 0.269 e. The lowest BCUT2D eigenvalue weighted by atomic mass is 9.82. The monoisotopic (exact) mass is 590 g/mol. The van der Waals surface area contributed by atoms with Gasteiger partial charge in [0.1, 0.15) is 0 Å². The van der Waals surface area contributed by atoms with Crippen molar-refractivity contribution in [2.45, 2.75) is 56.1 Å². The number of rotatable bonds is 7. The molecule has 0 atom stereocenters. The van der Waals surface area contributed by atoms with Crippen molar-refractivity contribution >= 4 is 31.8 Å². The largest absolute Gasteiger partial charge is 0.374 e. The molecule has 7 rings (SSSR count). The van der Waals surface area contributed by atoms with Gasteiger partial charge in [-0.05, 0) is 78.8 Å². The molecule has 0 N–H and O–H groups in total. The van der Waals surface area contributed by atoms with Crippen LogP contribution >= 0.6 is 0 Å². The number of nitrogens with zero attached hydrogens (tertiary/aromatic N) is 4. The summed E-state index contributed by atoms with van der Waals surface area (Å²) in [6.07, 6.45) is 11.3. The smallest absolute Gasteiger partial charge is 0.269 e. The Balaban J connectivity index is 1.30. The molecule has 0 bridgehead atoms. The topological polar surface area (TPSA) is 79.0 Å². The van der Waals surface area contributed by atoms with Gasteiger partial charge in [0.25, 0.3) is 10.0 Å². The standard InChI is InChI=1S/C35H34N4O3S/c1-24-8-16-31(17-9-24)43(40,41)39-22-33(26-12-14-30(15-13-26)42-23-25-6-4-3-5-7-25)34-32-18-27(29-20-37-38(2)21-29)10-11-28(32)19-36-35(34)39/h3-11,16-22,26,30H,12-15,23H2,1-2H3. The van der Waals surface area contributed by atoms with Crippen LogP contribution in [0.5, 0.6) is 0 Å². The third kappa shape index (κ3) is 5.26. The Hall–Kier alpha value is -4.27. The average molecular weight is 591 g/mol. The SMILES string of the molecule is Cc1ccc(S(=O)(=O)n2cc(C3CCC(OCc4ccccc4)CC3)c3c4cc(-c5cnn(C)c5)ccc4cnc32)cc1. The molecule has 0 unspecified atom stereocenters. The number of aromatic nitrogens is 4. The third-order valence-electron chi connectivity index (χ3n) is 8.68. The van der Waals surface area contributed by atoms with Gasteiger partial charge >= 0.3 is 0 Å². The van der Waals surface area contributed by atoms with Crippen molar-refractivity contribution in [1.82, 2.24) is 18.7 Å². The quantitative estimate of drug-likeness (QED) is 0.194. The molecule has 1 fully saturated rings. The van der Waals surface area contributed by atoms with Crippen LogP contribution in [-0.2, 0) is 28.4 Å². The third-order valence-corrected chi connectivity index (χ3v) is 10.3. The van der Waals surface area contributed by atoms with Crippen LogP contribution in [0.25, 0.3) is 32.9 Å². The van der Waals surface area contributed by atoms with Gasteiger partial charge in [-0.1, -0.05) is 60.2 Å². The molecule has 3 aromatic carbocycles. The number of hydrogen-bond acceptors (Lipinski definition) is 5. The highest BCUT2D eigenvalue weighted by Crippen LogP contribution is 2.42. The van der Waals surface area contributed by atoms with E-state index in [0.717, 1.165) is 64.1 Å². The van der Waals surface area contributed by atoms with Crippen LogP contribution in [0.2, 0.25) is 0 Å². The Morgan fingerprint density at radius 3 is 2.37 bits per heavy atom. The molecular weight excluding hydrogens is 556 g/mol. The number of aryl methyl sites for hydroxylation is 2. The zero-order valence-corrected chi connectivity index (χ0v) is 25.2. The lowest BCUT2D eigenvalue weighted by molar-refractivity contribution is 0.0134. The van der Waals surface area contributed by atoms with E-state index in [1.54, 1.807) is 23.0 Å². The van der Waals surface area contributed by atoms with E-state index in [-0.39, 0.29) is 16.9 Å². The zero-order chi connectivity index (χ0) is 29.6.